The zero-order valence-corrected chi connectivity index (χ0v) is 17.3. The van der Waals surface area contributed by atoms with Crippen LogP contribution in [0.25, 0.3) is 11.1 Å². The van der Waals surface area contributed by atoms with Gasteiger partial charge >= 0.3 is 6.03 Å². The lowest BCUT2D eigenvalue weighted by Gasteiger charge is -2.31. The van der Waals surface area contributed by atoms with Gasteiger partial charge in [-0.15, -0.1) is 0 Å². The highest BCUT2D eigenvalue weighted by atomic mass is 35.5. The van der Waals surface area contributed by atoms with E-state index in [1.807, 2.05) is 0 Å². The minimum atomic E-state index is -1.47. The van der Waals surface area contributed by atoms with Crippen LogP contribution in [0, 0.1) is 5.82 Å². The van der Waals surface area contributed by atoms with Crippen molar-refractivity contribution >= 4 is 29.4 Å². The van der Waals surface area contributed by atoms with Gasteiger partial charge < -0.3 is 10.2 Å². The number of aromatic nitrogens is 1. The van der Waals surface area contributed by atoms with Crippen molar-refractivity contribution in [2.45, 2.75) is 12.1 Å². The van der Waals surface area contributed by atoms with Crippen LogP contribution in [0.5, 0.6) is 0 Å². The minimum absolute atomic E-state index is 0.0971. The van der Waals surface area contributed by atoms with Gasteiger partial charge in [0.25, 0.3) is 11.8 Å². The van der Waals surface area contributed by atoms with Crippen LogP contribution < -0.4 is 10.6 Å². The number of carbonyl (C=O) groups is 3. The molecule has 0 bridgehead atoms. The number of halogens is 2. The molecular weight excluding hydrogens is 435 g/mol. The third kappa shape index (κ3) is 3.29. The molecule has 0 aliphatic carbocycles. The van der Waals surface area contributed by atoms with Gasteiger partial charge in [-0.1, -0.05) is 41.9 Å². The lowest BCUT2D eigenvalue weighted by molar-refractivity contribution is -0.124. The van der Waals surface area contributed by atoms with Gasteiger partial charge in [0.1, 0.15) is 11.0 Å². The lowest BCUT2D eigenvalue weighted by atomic mass is 9.88. The van der Waals surface area contributed by atoms with E-state index in [0.29, 0.717) is 16.3 Å². The number of hydrogen-bond donors (Lipinski definition) is 2. The SMILES string of the molecule is O=C1NC(=O)[C@@](CN2Cc3ccc(F)cc3C2=O)(c2ccc(-c3ccnc(Cl)c3)cc2)N1. The fraction of sp³-hybridized carbons (Fsp3) is 0.130. The number of carbonyl (C=O) groups excluding carboxylic acids is 3. The van der Waals surface area contributed by atoms with Gasteiger partial charge in [0.2, 0.25) is 0 Å². The minimum Gasteiger partial charge on any atom is -0.331 e. The Kier molecular flexibility index (Phi) is 4.67. The smallest absolute Gasteiger partial charge is 0.322 e. The highest BCUT2D eigenvalue weighted by Gasteiger charge is 2.50. The van der Waals surface area contributed by atoms with E-state index in [9.17, 15) is 18.8 Å². The van der Waals surface area contributed by atoms with Crippen LogP contribution in [-0.2, 0) is 16.9 Å². The molecule has 7 nitrogen and oxygen atoms in total. The topological polar surface area (TPSA) is 91.4 Å². The first-order valence-electron chi connectivity index (χ1n) is 9.79. The molecule has 160 valence electrons. The average molecular weight is 451 g/mol. The fourth-order valence-corrected chi connectivity index (χ4v) is 4.35. The van der Waals surface area contributed by atoms with Crippen molar-refractivity contribution in [1.82, 2.24) is 20.5 Å². The molecule has 0 saturated carbocycles. The van der Waals surface area contributed by atoms with Gasteiger partial charge in [-0.3, -0.25) is 14.9 Å². The summed E-state index contributed by atoms with van der Waals surface area (Å²) in [5.74, 6) is -1.46. The van der Waals surface area contributed by atoms with E-state index in [-0.39, 0.29) is 18.7 Å². The summed E-state index contributed by atoms with van der Waals surface area (Å²) in [5.41, 5.74) is 1.66. The Bertz CT molecular complexity index is 1280. The van der Waals surface area contributed by atoms with Crippen molar-refractivity contribution in [3.63, 3.8) is 0 Å². The Morgan fingerprint density at radius 3 is 2.50 bits per heavy atom. The highest BCUT2D eigenvalue weighted by Crippen LogP contribution is 2.32. The maximum atomic E-state index is 13.6. The summed E-state index contributed by atoms with van der Waals surface area (Å²) in [7, 11) is 0. The van der Waals surface area contributed by atoms with Gasteiger partial charge in [-0.2, -0.15) is 0 Å². The predicted molar refractivity (Wildman–Crippen MR) is 114 cm³/mol. The molecule has 0 radical (unpaired) electrons. The molecule has 1 aromatic heterocycles. The van der Waals surface area contributed by atoms with Gasteiger partial charge in [0.05, 0.1) is 6.54 Å². The summed E-state index contributed by atoms with van der Waals surface area (Å²) in [6, 6.07) is 14.0. The molecule has 2 aliphatic heterocycles. The monoisotopic (exact) mass is 450 g/mol. The van der Waals surface area contributed by atoms with Crippen LogP contribution in [0.15, 0.2) is 60.8 Å². The Labute approximate surface area is 187 Å². The summed E-state index contributed by atoms with van der Waals surface area (Å²) in [4.78, 5) is 43.2. The second-order valence-electron chi connectivity index (χ2n) is 7.72. The van der Waals surface area contributed by atoms with E-state index in [1.54, 1.807) is 48.7 Å². The molecule has 1 saturated heterocycles. The van der Waals surface area contributed by atoms with Gasteiger partial charge in [-0.25, -0.2) is 14.2 Å². The average Bonchev–Trinajstić information content (AvgIpc) is 3.24. The number of nitrogens with zero attached hydrogens (tertiary/aromatic N) is 2. The summed E-state index contributed by atoms with van der Waals surface area (Å²) >= 11 is 5.97. The van der Waals surface area contributed by atoms with Crippen molar-refractivity contribution in [3.8, 4) is 11.1 Å². The maximum absolute atomic E-state index is 13.6. The molecule has 3 aromatic rings. The third-order valence-corrected chi connectivity index (χ3v) is 5.96. The maximum Gasteiger partial charge on any atom is 0.322 e. The van der Waals surface area contributed by atoms with Crippen molar-refractivity contribution in [1.29, 1.82) is 0 Å². The zero-order valence-electron chi connectivity index (χ0n) is 16.6. The van der Waals surface area contributed by atoms with E-state index in [1.165, 1.54) is 17.0 Å². The molecule has 0 unspecified atom stereocenters. The second-order valence-corrected chi connectivity index (χ2v) is 8.11. The number of hydrogen-bond acceptors (Lipinski definition) is 4. The lowest BCUT2D eigenvalue weighted by Crippen LogP contribution is -2.52. The molecule has 4 amide bonds. The Morgan fingerprint density at radius 1 is 1.03 bits per heavy atom. The first-order valence-corrected chi connectivity index (χ1v) is 10.2. The van der Waals surface area contributed by atoms with Gasteiger partial charge in [-0.05, 0) is 46.5 Å². The molecule has 5 rings (SSSR count). The molecule has 2 N–H and O–H groups in total. The predicted octanol–water partition coefficient (Wildman–Crippen LogP) is 3.23. The van der Waals surface area contributed by atoms with Crippen LogP contribution >= 0.6 is 11.6 Å². The molecule has 9 heteroatoms. The molecule has 2 aromatic carbocycles. The largest absolute Gasteiger partial charge is 0.331 e. The molecule has 1 fully saturated rings. The molecule has 1 atom stereocenters. The fourth-order valence-electron chi connectivity index (χ4n) is 4.17. The summed E-state index contributed by atoms with van der Waals surface area (Å²) in [5, 5.41) is 5.31. The van der Waals surface area contributed by atoms with Crippen molar-refractivity contribution in [3.05, 3.63) is 88.5 Å². The van der Waals surface area contributed by atoms with E-state index in [0.717, 1.165) is 11.1 Å². The standard InChI is InChI=1S/C23H16ClFN4O3/c24-19-9-14(7-8-26-19)13-1-4-16(5-2-13)23(21(31)27-22(32)28-23)12-29-11-15-3-6-17(25)10-18(15)20(29)30/h1-10H,11-12H2,(H2,27,28,31,32)/t23-/m1/s1. The first kappa shape index (κ1) is 20.1. The van der Waals surface area contributed by atoms with Crippen LogP contribution in [-0.4, -0.2) is 34.3 Å². The normalized spacial score (nSPS) is 19.7. The molecule has 0 spiro atoms. The number of urea groups is 1. The highest BCUT2D eigenvalue weighted by molar-refractivity contribution is 6.29. The Morgan fingerprint density at radius 2 is 1.81 bits per heavy atom. The zero-order chi connectivity index (χ0) is 22.5. The number of benzene rings is 2. The number of pyridine rings is 1. The van der Waals surface area contributed by atoms with E-state index in [2.05, 4.69) is 15.6 Å². The van der Waals surface area contributed by atoms with Crippen LogP contribution in [0.4, 0.5) is 9.18 Å². The van der Waals surface area contributed by atoms with Gasteiger partial charge in [0.15, 0.2) is 5.54 Å². The summed E-state index contributed by atoms with van der Waals surface area (Å²) < 4.78 is 13.6. The number of amides is 4. The number of rotatable bonds is 4. The number of imide groups is 1. The molecule has 2 aliphatic rings. The van der Waals surface area contributed by atoms with Gasteiger partial charge in [0, 0.05) is 18.3 Å². The number of nitrogens with one attached hydrogen (secondary N) is 2. The van der Waals surface area contributed by atoms with Crippen molar-refractivity contribution < 1.29 is 18.8 Å². The molecule has 3 heterocycles. The summed E-state index contributed by atoms with van der Waals surface area (Å²) in [6.45, 7) is 0.118. The number of fused-ring (bicyclic) bond motifs is 1. The second kappa shape index (κ2) is 7.42. The molecular formula is C23H16ClFN4O3. The van der Waals surface area contributed by atoms with Crippen molar-refractivity contribution in [2.24, 2.45) is 0 Å². The van der Waals surface area contributed by atoms with Crippen molar-refractivity contribution in [2.75, 3.05) is 6.54 Å². The quantitative estimate of drug-likeness (QED) is 0.471. The van der Waals surface area contributed by atoms with E-state index >= 15 is 0 Å². The van der Waals surface area contributed by atoms with Crippen LogP contribution in [0.1, 0.15) is 21.5 Å². The third-order valence-electron chi connectivity index (χ3n) is 5.76. The van der Waals surface area contributed by atoms with E-state index < -0.39 is 29.2 Å². The van der Waals surface area contributed by atoms with Crippen LogP contribution in [0.3, 0.4) is 0 Å². The Balaban J connectivity index is 1.49. The van der Waals surface area contributed by atoms with E-state index in [4.69, 9.17) is 11.6 Å². The molecule has 32 heavy (non-hydrogen) atoms. The summed E-state index contributed by atoms with van der Waals surface area (Å²) in [6.07, 6.45) is 1.59. The van der Waals surface area contributed by atoms with Crippen LogP contribution in [0.2, 0.25) is 5.15 Å². The first-order chi connectivity index (χ1) is 15.4. The Hall–Kier alpha value is -3.78.